The molecule has 44 heavy (non-hydrogen) atoms. The molecule has 2 aromatic heterocycles. The number of fused-ring (bicyclic) bond motifs is 1. The molecule has 4 atom stereocenters. The first-order chi connectivity index (χ1) is 21.5. The van der Waals surface area contributed by atoms with Crippen molar-refractivity contribution in [1.29, 1.82) is 0 Å². The van der Waals surface area contributed by atoms with E-state index in [1.54, 1.807) is 10.9 Å². The van der Waals surface area contributed by atoms with Crippen LogP contribution in [0.25, 0.3) is 11.2 Å². The average molecular weight is 614 g/mol. The number of anilines is 1. The highest BCUT2D eigenvalue weighted by atomic mass is 35.5. The predicted molar refractivity (Wildman–Crippen MR) is 165 cm³/mol. The summed E-state index contributed by atoms with van der Waals surface area (Å²) in [5.74, 6) is -0.256. The number of hydrogen-bond donors (Lipinski definition) is 1. The van der Waals surface area contributed by atoms with Gasteiger partial charge in [0, 0.05) is 6.92 Å². The molecule has 1 amide bonds. The molecule has 0 spiro atoms. The Labute approximate surface area is 259 Å². The van der Waals surface area contributed by atoms with E-state index in [0.29, 0.717) is 31.0 Å². The zero-order valence-electron chi connectivity index (χ0n) is 24.1. The summed E-state index contributed by atoms with van der Waals surface area (Å²) in [6, 6.07) is 29.8. The lowest BCUT2D eigenvalue weighted by Crippen LogP contribution is -2.38. The fourth-order valence-corrected chi connectivity index (χ4v) is 5.34. The number of imidazole rings is 1. The van der Waals surface area contributed by atoms with Crippen LogP contribution in [0.5, 0.6) is 0 Å². The summed E-state index contributed by atoms with van der Waals surface area (Å²) in [4.78, 5) is 24.9. The molecule has 1 aliphatic rings. The van der Waals surface area contributed by atoms with Gasteiger partial charge in [0.25, 0.3) is 0 Å². The van der Waals surface area contributed by atoms with Crippen LogP contribution in [0.15, 0.2) is 97.3 Å². The normalized spacial score (nSPS) is 19.8. The summed E-state index contributed by atoms with van der Waals surface area (Å²) >= 11 is 6.45. The number of amides is 1. The van der Waals surface area contributed by atoms with Crippen molar-refractivity contribution in [2.75, 3.05) is 11.9 Å². The number of benzene rings is 3. The molecule has 10 nitrogen and oxygen atoms in total. The standard InChI is InChI=1S/C33H32ClN5O5/c1-22(40)36-33-37-30(34)27-31(38-33)39(21-35-27)32-29(43-19-25-15-9-4-10-16-25)28(42-18-24-13-7-3-8-14-24)26(44-32)20-41-17-23-11-5-2-6-12-23/h2-16,21,26,28-29,32H,17-20H2,1H3,(H,36,37,38,40). The van der Waals surface area contributed by atoms with Gasteiger partial charge in [0.15, 0.2) is 17.0 Å². The van der Waals surface area contributed by atoms with E-state index >= 15 is 0 Å². The second kappa shape index (κ2) is 14.1. The largest absolute Gasteiger partial charge is 0.374 e. The Bertz CT molecular complexity index is 1670. The first kappa shape index (κ1) is 29.9. The van der Waals surface area contributed by atoms with Crippen LogP contribution >= 0.6 is 11.6 Å². The van der Waals surface area contributed by atoms with Gasteiger partial charge in [-0.2, -0.15) is 9.97 Å². The fraction of sp³-hybridized carbons (Fsp3) is 0.273. The summed E-state index contributed by atoms with van der Waals surface area (Å²) < 4.78 is 27.7. The van der Waals surface area contributed by atoms with Crippen LogP contribution in [0.2, 0.25) is 5.15 Å². The van der Waals surface area contributed by atoms with Gasteiger partial charge in [-0.05, 0) is 16.7 Å². The molecule has 1 saturated heterocycles. The highest BCUT2D eigenvalue weighted by Crippen LogP contribution is 2.37. The molecule has 3 heterocycles. The van der Waals surface area contributed by atoms with E-state index in [4.69, 9.17) is 30.5 Å². The Morgan fingerprint density at radius 1 is 0.841 bits per heavy atom. The molecular weight excluding hydrogens is 582 g/mol. The number of aromatic nitrogens is 4. The van der Waals surface area contributed by atoms with E-state index in [0.717, 1.165) is 16.7 Å². The predicted octanol–water partition coefficient (Wildman–Crippen LogP) is 5.72. The quantitative estimate of drug-likeness (QED) is 0.178. The second-order valence-corrected chi connectivity index (χ2v) is 10.8. The van der Waals surface area contributed by atoms with E-state index < -0.39 is 24.5 Å². The van der Waals surface area contributed by atoms with E-state index in [1.807, 2.05) is 91.0 Å². The highest BCUT2D eigenvalue weighted by molar-refractivity contribution is 6.33. The number of carbonyl (C=O) groups excluding carboxylic acids is 1. The molecule has 3 aromatic carbocycles. The summed E-state index contributed by atoms with van der Waals surface area (Å²) in [6.07, 6.45) is -0.694. The van der Waals surface area contributed by atoms with E-state index in [2.05, 4.69) is 20.3 Å². The lowest BCUT2D eigenvalue weighted by molar-refractivity contribution is -0.114. The minimum Gasteiger partial charge on any atom is -0.374 e. The van der Waals surface area contributed by atoms with E-state index in [-0.39, 0.29) is 23.6 Å². The topological polar surface area (TPSA) is 110 Å². The first-order valence-corrected chi connectivity index (χ1v) is 14.7. The fourth-order valence-electron chi connectivity index (χ4n) is 5.13. The van der Waals surface area contributed by atoms with Gasteiger partial charge in [-0.1, -0.05) is 103 Å². The highest BCUT2D eigenvalue weighted by Gasteiger charge is 2.48. The van der Waals surface area contributed by atoms with Crippen LogP contribution in [-0.4, -0.2) is 50.3 Å². The molecule has 0 aliphatic carbocycles. The van der Waals surface area contributed by atoms with Gasteiger partial charge < -0.3 is 18.9 Å². The Kier molecular flexibility index (Phi) is 9.55. The molecule has 6 rings (SSSR count). The maximum atomic E-state index is 11.8. The number of nitrogens with zero attached hydrogens (tertiary/aromatic N) is 4. The third-order valence-corrected chi connectivity index (χ3v) is 7.45. The van der Waals surface area contributed by atoms with Crippen molar-refractivity contribution in [3.05, 3.63) is 119 Å². The summed E-state index contributed by atoms with van der Waals surface area (Å²) in [7, 11) is 0. The van der Waals surface area contributed by atoms with Crippen LogP contribution in [-0.2, 0) is 43.6 Å². The van der Waals surface area contributed by atoms with Crippen molar-refractivity contribution >= 4 is 34.6 Å². The lowest BCUT2D eigenvalue weighted by atomic mass is 10.1. The van der Waals surface area contributed by atoms with Crippen molar-refractivity contribution in [3.8, 4) is 0 Å². The van der Waals surface area contributed by atoms with Gasteiger partial charge in [-0.3, -0.25) is 14.7 Å². The smallest absolute Gasteiger partial charge is 0.232 e. The van der Waals surface area contributed by atoms with Gasteiger partial charge in [-0.25, -0.2) is 4.98 Å². The third kappa shape index (κ3) is 7.12. The molecule has 0 saturated carbocycles. The van der Waals surface area contributed by atoms with Crippen molar-refractivity contribution < 1.29 is 23.7 Å². The van der Waals surface area contributed by atoms with Crippen LogP contribution in [0.3, 0.4) is 0 Å². The van der Waals surface area contributed by atoms with Crippen molar-refractivity contribution in [2.24, 2.45) is 0 Å². The van der Waals surface area contributed by atoms with E-state index in [1.165, 1.54) is 6.92 Å². The number of carbonyl (C=O) groups is 1. The maximum absolute atomic E-state index is 11.8. The van der Waals surface area contributed by atoms with Crippen molar-refractivity contribution in [1.82, 2.24) is 19.5 Å². The van der Waals surface area contributed by atoms with E-state index in [9.17, 15) is 4.79 Å². The van der Waals surface area contributed by atoms with Gasteiger partial charge in [0.1, 0.15) is 23.8 Å². The molecule has 0 radical (unpaired) electrons. The summed E-state index contributed by atoms with van der Waals surface area (Å²) in [6.45, 7) is 2.74. The molecule has 11 heteroatoms. The number of ether oxygens (including phenoxy) is 4. The monoisotopic (exact) mass is 613 g/mol. The maximum Gasteiger partial charge on any atom is 0.232 e. The zero-order valence-corrected chi connectivity index (χ0v) is 24.8. The number of rotatable bonds is 12. The average Bonchev–Trinajstić information content (AvgIpc) is 3.61. The molecule has 1 N–H and O–H groups in total. The van der Waals surface area contributed by atoms with Crippen LogP contribution < -0.4 is 5.32 Å². The summed E-state index contributed by atoms with van der Waals surface area (Å²) in [5, 5.41) is 2.71. The van der Waals surface area contributed by atoms with Gasteiger partial charge in [0.05, 0.1) is 32.8 Å². The second-order valence-electron chi connectivity index (χ2n) is 10.4. The molecule has 226 valence electrons. The molecule has 1 fully saturated rings. The Hall–Kier alpha value is -4.19. The van der Waals surface area contributed by atoms with Gasteiger partial charge in [0.2, 0.25) is 11.9 Å². The lowest BCUT2D eigenvalue weighted by Gasteiger charge is -2.25. The minimum atomic E-state index is -0.703. The Morgan fingerprint density at radius 2 is 1.41 bits per heavy atom. The molecular formula is C33H32ClN5O5. The summed E-state index contributed by atoms with van der Waals surface area (Å²) in [5.41, 5.74) is 3.84. The van der Waals surface area contributed by atoms with Crippen molar-refractivity contribution in [2.45, 2.75) is 51.3 Å². The molecule has 5 aromatic rings. The number of hydrogen-bond acceptors (Lipinski definition) is 8. The zero-order chi connectivity index (χ0) is 30.3. The number of halogens is 1. The molecule has 0 bridgehead atoms. The van der Waals surface area contributed by atoms with Gasteiger partial charge in [-0.15, -0.1) is 0 Å². The van der Waals surface area contributed by atoms with Crippen LogP contribution in [0.4, 0.5) is 5.95 Å². The SMILES string of the molecule is CC(=O)Nc1nc(Cl)c2ncn(C3OC(COCc4ccccc4)C(OCc4ccccc4)C3OCc3ccccc3)c2n1. The number of nitrogens with one attached hydrogen (secondary N) is 1. The van der Waals surface area contributed by atoms with Crippen LogP contribution in [0, 0.1) is 0 Å². The van der Waals surface area contributed by atoms with Crippen LogP contribution in [0.1, 0.15) is 29.8 Å². The minimum absolute atomic E-state index is 0.0659. The Balaban J connectivity index is 1.33. The molecule has 4 unspecified atom stereocenters. The van der Waals surface area contributed by atoms with Crippen molar-refractivity contribution in [3.63, 3.8) is 0 Å². The Morgan fingerprint density at radius 3 is 2.00 bits per heavy atom. The third-order valence-electron chi connectivity index (χ3n) is 7.19. The first-order valence-electron chi connectivity index (χ1n) is 14.3. The molecule has 1 aliphatic heterocycles. The van der Waals surface area contributed by atoms with Gasteiger partial charge >= 0.3 is 0 Å².